The number of carbonyl (C=O) groups is 2. The smallest absolute Gasteiger partial charge is 0.251 e. The quantitative estimate of drug-likeness (QED) is 0.857. The van der Waals surface area contributed by atoms with Crippen LogP contribution in [0.3, 0.4) is 0 Å². The molecule has 1 heterocycles. The fraction of sp³-hybridized carbons (Fsp3) is 0.556. The van der Waals surface area contributed by atoms with Gasteiger partial charge in [-0.2, -0.15) is 0 Å². The summed E-state index contributed by atoms with van der Waals surface area (Å²) >= 11 is 0. The van der Waals surface area contributed by atoms with E-state index < -0.39 is 5.41 Å². The fourth-order valence-electron chi connectivity index (χ4n) is 3.26. The van der Waals surface area contributed by atoms with E-state index in [-0.39, 0.29) is 17.7 Å². The highest BCUT2D eigenvalue weighted by atomic mass is 16.5. The van der Waals surface area contributed by atoms with E-state index in [4.69, 9.17) is 4.74 Å². The molecule has 1 aromatic carbocycles. The van der Waals surface area contributed by atoms with Crippen LogP contribution in [-0.4, -0.2) is 42.0 Å². The lowest BCUT2D eigenvalue weighted by Gasteiger charge is -2.32. The fourth-order valence-corrected chi connectivity index (χ4v) is 3.26. The lowest BCUT2D eigenvalue weighted by atomic mass is 9.94. The zero-order chi connectivity index (χ0) is 16.6. The lowest BCUT2D eigenvalue weighted by molar-refractivity contribution is -0.161. The summed E-state index contributed by atoms with van der Waals surface area (Å²) in [6.07, 6.45) is 2.54. The average molecular weight is 316 g/mol. The summed E-state index contributed by atoms with van der Waals surface area (Å²) in [5.74, 6) is 0.782. The molecular formula is C18H24N2O3. The van der Waals surface area contributed by atoms with Crippen molar-refractivity contribution < 1.29 is 14.3 Å². The van der Waals surface area contributed by atoms with Crippen molar-refractivity contribution in [3.8, 4) is 5.75 Å². The van der Waals surface area contributed by atoms with Gasteiger partial charge in [0, 0.05) is 19.0 Å². The van der Waals surface area contributed by atoms with Gasteiger partial charge in [-0.05, 0) is 37.0 Å². The van der Waals surface area contributed by atoms with Gasteiger partial charge in [-0.15, -0.1) is 0 Å². The molecule has 1 aliphatic heterocycles. The molecule has 1 aliphatic carbocycles. The molecule has 23 heavy (non-hydrogen) atoms. The summed E-state index contributed by atoms with van der Waals surface area (Å²) < 4.78 is 5.19. The van der Waals surface area contributed by atoms with Crippen molar-refractivity contribution in [3.05, 3.63) is 29.8 Å². The minimum Gasteiger partial charge on any atom is -0.497 e. The third kappa shape index (κ3) is 2.69. The predicted octanol–water partition coefficient (Wildman–Crippen LogP) is 2.36. The summed E-state index contributed by atoms with van der Waals surface area (Å²) in [5, 5.41) is 3.33. The molecule has 0 bridgehead atoms. The molecule has 1 saturated heterocycles. The highest BCUT2D eigenvalue weighted by Crippen LogP contribution is 2.50. The van der Waals surface area contributed by atoms with Crippen LogP contribution >= 0.6 is 0 Å². The molecule has 0 unspecified atom stereocenters. The highest BCUT2D eigenvalue weighted by molar-refractivity contribution is 5.93. The van der Waals surface area contributed by atoms with Crippen molar-refractivity contribution >= 4 is 11.8 Å². The van der Waals surface area contributed by atoms with E-state index in [0.717, 1.165) is 30.6 Å². The maximum absolute atomic E-state index is 13.1. The molecule has 2 amide bonds. The first-order valence-corrected chi connectivity index (χ1v) is 8.27. The Bertz CT molecular complexity index is 605. The van der Waals surface area contributed by atoms with Crippen LogP contribution in [0.15, 0.2) is 24.3 Å². The Hall–Kier alpha value is -2.04. The second-order valence-electron chi connectivity index (χ2n) is 6.71. The molecule has 124 valence electrons. The van der Waals surface area contributed by atoms with Crippen molar-refractivity contribution in [1.29, 1.82) is 0 Å². The third-order valence-corrected chi connectivity index (χ3v) is 4.82. The van der Waals surface area contributed by atoms with Crippen LogP contribution < -0.4 is 4.74 Å². The van der Waals surface area contributed by atoms with E-state index in [0.29, 0.717) is 13.1 Å². The molecule has 0 radical (unpaired) electrons. The average Bonchev–Trinajstić information content (AvgIpc) is 3.23. The van der Waals surface area contributed by atoms with E-state index in [1.54, 1.807) is 17.1 Å². The van der Waals surface area contributed by atoms with E-state index in [2.05, 4.69) is 0 Å². The van der Waals surface area contributed by atoms with Gasteiger partial charge in [0.15, 0.2) is 0 Å². The van der Waals surface area contributed by atoms with Gasteiger partial charge >= 0.3 is 0 Å². The second kappa shape index (κ2) is 5.87. The van der Waals surface area contributed by atoms with Crippen LogP contribution in [0.2, 0.25) is 0 Å². The van der Waals surface area contributed by atoms with E-state index in [1.165, 1.54) is 0 Å². The first kappa shape index (κ1) is 15.8. The summed E-state index contributed by atoms with van der Waals surface area (Å²) in [5.41, 5.74) is 0.568. The van der Waals surface area contributed by atoms with Crippen LogP contribution in [0.4, 0.5) is 0 Å². The molecule has 0 aromatic heterocycles. The molecule has 3 rings (SSSR count). The Morgan fingerprint density at radius 1 is 1.09 bits per heavy atom. The Labute approximate surface area is 137 Å². The molecule has 1 saturated carbocycles. The largest absolute Gasteiger partial charge is 0.497 e. The number of hydrogen-bond donors (Lipinski definition) is 0. The highest BCUT2D eigenvalue weighted by Gasteiger charge is 2.55. The monoisotopic (exact) mass is 316 g/mol. The van der Waals surface area contributed by atoms with Crippen molar-refractivity contribution in [2.45, 2.75) is 38.5 Å². The Kier molecular flexibility index (Phi) is 4.04. The second-order valence-corrected chi connectivity index (χ2v) is 6.71. The Morgan fingerprint density at radius 2 is 1.70 bits per heavy atom. The number of benzene rings is 1. The third-order valence-electron chi connectivity index (χ3n) is 4.82. The molecule has 2 fully saturated rings. The number of hydrogen-bond acceptors (Lipinski definition) is 3. The predicted molar refractivity (Wildman–Crippen MR) is 86.8 cm³/mol. The van der Waals surface area contributed by atoms with Gasteiger partial charge in [-0.1, -0.05) is 26.0 Å². The molecule has 0 N–H and O–H groups in total. The molecule has 0 atom stereocenters. The number of rotatable bonds is 4. The Morgan fingerprint density at radius 3 is 2.22 bits per heavy atom. The minimum atomic E-state index is -0.452. The van der Waals surface area contributed by atoms with Crippen LogP contribution in [0.1, 0.15) is 38.7 Å². The summed E-state index contributed by atoms with van der Waals surface area (Å²) in [6.45, 7) is 5.02. The molecular weight excluding hydrogens is 292 g/mol. The van der Waals surface area contributed by atoms with E-state index in [1.807, 2.05) is 38.1 Å². The maximum atomic E-state index is 13.1. The standard InChI is InChI=1S/C18H24N2O3/c1-13(2)16(21)19-11-4-12-20(19)17(22)18(9-10-18)14-5-7-15(23-3)8-6-14/h5-8,13H,4,9-12H2,1-3H3. The van der Waals surface area contributed by atoms with Gasteiger partial charge in [0.25, 0.3) is 5.91 Å². The normalized spacial score (nSPS) is 19.1. The molecule has 0 spiro atoms. The van der Waals surface area contributed by atoms with Crippen molar-refractivity contribution in [1.82, 2.24) is 10.0 Å². The van der Waals surface area contributed by atoms with E-state index >= 15 is 0 Å². The first-order chi connectivity index (χ1) is 11.0. The van der Waals surface area contributed by atoms with Crippen LogP contribution in [-0.2, 0) is 15.0 Å². The SMILES string of the molecule is COc1ccc(C2(C(=O)N3CCCN3C(=O)C(C)C)CC2)cc1. The summed E-state index contributed by atoms with van der Waals surface area (Å²) in [6, 6.07) is 7.72. The molecule has 2 aliphatic rings. The number of methoxy groups -OCH3 is 1. The number of hydrazine groups is 1. The molecule has 5 heteroatoms. The van der Waals surface area contributed by atoms with Gasteiger partial charge in [-0.3, -0.25) is 19.6 Å². The zero-order valence-corrected chi connectivity index (χ0v) is 14.0. The van der Waals surface area contributed by atoms with E-state index in [9.17, 15) is 9.59 Å². The van der Waals surface area contributed by atoms with Crippen LogP contribution in [0, 0.1) is 5.92 Å². The maximum Gasteiger partial charge on any atom is 0.251 e. The lowest BCUT2D eigenvalue weighted by Crippen LogP contribution is -2.50. The minimum absolute atomic E-state index is 0.0291. The van der Waals surface area contributed by atoms with Crippen molar-refractivity contribution in [2.75, 3.05) is 20.2 Å². The molecule has 5 nitrogen and oxygen atoms in total. The zero-order valence-electron chi connectivity index (χ0n) is 14.0. The van der Waals surface area contributed by atoms with Gasteiger partial charge in [0.1, 0.15) is 5.75 Å². The number of carbonyl (C=O) groups excluding carboxylic acids is 2. The van der Waals surface area contributed by atoms with Crippen molar-refractivity contribution in [2.24, 2.45) is 5.92 Å². The summed E-state index contributed by atoms with van der Waals surface area (Å²) in [4.78, 5) is 25.5. The Balaban J connectivity index is 1.82. The topological polar surface area (TPSA) is 49.9 Å². The first-order valence-electron chi connectivity index (χ1n) is 8.27. The number of ether oxygens (including phenoxy) is 1. The van der Waals surface area contributed by atoms with Gasteiger partial charge < -0.3 is 4.74 Å². The number of amides is 2. The summed E-state index contributed by atoms with van der Waals surface area (Å²) in [7, 11) is 1.63. The van der Waals surface area contributed by atoms with Crippen LogP contribution in [0.5, 0.6) is 5.75 Å². The number of nitrogens with zero attached hydrogens (tertiary/aromatic N) is 2. The van der Waals surface area contributed by atoms with Gasteiger partial charge in [0.05, 0.1) is 12.5 Å². The van der Waals surface area contributed by atoms with Gasteiger partial charge in [0.2, 0.25) is 5.91 Å². The van der Waals surface area contributed by atoms with Gasteiger partial charge in [-0.25, -0.2) is 0 Å². The van der Waals surface area contributed by atoms with Crippen LogP contribution in [0.25, 0.3) is 0 Å². The van der Waals surface area contributed by atoms with Crippen molar-refractivity contribution in [3.63, 3.8) is 0 Å². The molecule has 1 aromatic rings.